The first kappa shape index (κ1) is 15.9. The van der Waals surface area contributed by atoms with Crippen molar-refractivity contribution < 1.29 is 14.4 Å². The molecule has 0 saturated heterocycles. The Hall–Kier alpha value is -2.45. The molecule has 1 unspecified atom stereocenters. The van der Waals surface area contributed by atoms with Crippen molar-refractivity contribution in [2.45, 2.75) is 6.04 Å². The van der Waals surface area contributed by atoms with Gasteiger partial charge in [-0.2, -0.15) is 5.10 Å². The minimum Gasteiger partial charge on any atom is -0.364 e. The summed E-state index contributed by atoms with van der Waals surface area (Å²) in [6, 6.07) is 1.30. The van der Waals surface area contributed by atoms with E-state index in [4.69, 9.17) is 10.6 Å². The second-order valence-electron chi connectivity index (χ2n) is 4.98. The molecule has 2 heterocycles. The van der Waals surface area contributed by atoms with Crippen molar-refractivity contribution in [2.75, 3.05) is 26.7 Å². The van der Waals surface area contributed by atoms with E-state index >= 15 is 0 Å². The third-order valence-electron chi connectivity index (χ3n) is 3.22. The fourth-order valence-electron chi connectivity index (χ4n) is 2.25. The smallest absolute Gasteiger partial charge is 0.269 e. The maximum atomic E-state index is 11.2. The van der Waals surface area contributed by atoms with Gasteiger partial charge in [-0.15, -0.1) is 6.58 Å². The van der Waals surface area contributed by atoms with E-state index in [1.807, 2.05) is 18.0 Å². The van der Waals surface area contributed by atoms with Gasteiger partial charge in [0.2, 0.25) is 6.41 Å². The molecule has 0 radical (unpaired) electrons. The zero-order valence-corrected chi connectivity index (χ0v) is 12.4. The number of rotatable bonds is 7. The van der Waals surface area contributed by atoms with Crippen LogP contribution in [0.25, 0.3) is 5.70 Å². The van der Waals surface area contributed by atoms with Crippen LogP contribution in [-0.4, -0.2) is 64.8 Å². The normalized spacial score (nSPS) is 18.6. The molecule has 1 aromatic rings. The number of likely N-dealkylation sites (N-methyl/N-ethyl adjacent to an activating group) is 1. The van der Waals surface area contributed by atoms with E-state index in [0.717, 1.165) is 5.70 Å². The van der Waals surface area contributed by atoms with Gasteiger partial charge in [0.15, 0.2) is 0 Å². The van der Waals surface area contributed by atoms with Gasteiger partial charge in [-0.1, -0.05) is 6.08 Å². The number of nitrogens with zero attached hydrogens (tertiary/aromatic N) is 4. The van der Waals surface area contributed by atoms with E-state index in [2.05, 4.69) is 11.7 Å². The van der Waals surface area contributed by atoms with Crippen LogP contribution < -0.4 is 5.73 Å². The van der Waals surface area contributed by atoms with Crippen LogP contribution in [-0.2, 0) is 9.63 Å². The predicted molar refractivity (Wildman–Crippen MR) is 80.4 cm³/mol. The first-order valence-corrected chi connectivity index (χ1v) is 6.77. The number of nitrogens with two attached hydrogens (primary N) is 1. The van der Waals surface area contributed by atoms with Gasteiger partial charge in [0.05, 0.1) is 18.3 Å². The van der Waals surface area contributed by atoms with E-state index in [-0.39, 0.29) is 18.3 Å². The zero-order chi connectivity index (χ0) is 16.1. The molecule has 0 saturated carbocycles. The van der Waals surface area contributed by atoms with Crippen LogP contribution in [0, 0.1) is 0 Å². The molecule has 2 rings (SSSR count). The molecule has 118 valence electrons. The third kappa shape index (κ3) is 3.60. The lowest BCUT2D eigenvalue weighted by Gasteiger charge is -2.33. The highest BCUT2D eigenvalue weighted by molar-refractivity contribution is 5.90. The fourth-order valence-corrected chi connectivity index (χ4v) is 2.25. The first-order chi connectivity index (χ1) is 10.5. The number of hydrogen-bond donors (Lipinski definition) is 1. The van der Waals surface area contributed by atoms with Gasteiger partial charge in [0, 0.05) is 19.3 Å². The van der Waals surface area contributed by atoms with E-state index in [9.17, 15) is 9.59 Å². The van der Waals surface area contributed by atoms with Crippen LogP contribution >= 0.6 is 0 Å². The maximum Gasteiger partial charge on any atom is 0.269 e. The van der Waals surface area contributed by atoms with E-state index in [0.29, 0.717) is 19.5 Å². The van der Waals surface area contributed by atoms with Crippen molar-refractivity contribution in [1.82, 2.24) is 19.7 Å². The number of carbonyl (C=O) groups excluding carboxylic acids is 2. The molecular formula is C14H19N5O3. The second-order valence-corrected chi connectivity index (χ2v) is 4.98. The average Bonchev–Trinajstić information content (AvgIpc) is 2.97. The van der Waals surface area contributed by atoms with Gasteiger partial charge in [0.25, 0.3) is 5.91 Å². The highest BCUT2D eigenvalue weighted by atomic mass is 16.7. The van der Waals surface area contributed by atoms with Crippen LogP contribution in [0.5, 0.6) is 0 Å². The maximum absolute atomic E-state index is 11.2. The SMILES string of the molecule is C=CCON(C=O)C1C=C(n2ccc(C(N)=O)n2)CN(C)C1. The summed E-state index contributed by atoms with van der Waals surface area (Å²) in [6.45, 7) is 5.06. The molecule has 1 atom stereocenters. The predicted octanol–water partition coefficient (Wildman–Crippen LogP) is -0.287. The summed E-state index contributed by atoms with van der Waals surface area (Å²) >= 11 is 0. The molecule has 2 amide bonds. The number of hydrogen-bond acceptors (Lipinski definition) is 5. The largest absolute Gasteiger partial charge is 0.364 e. The summed E-state index contributed by atoms with van der Waals surface area (Å²) in [5.41, 5.74) is 6.24. The van der Waals surface area contributed by atoms with Gasteiger partial charge < -0.3 is 5.73 Å². The molecule has 8 heteroatoms. The van der Waals surface area contributed by atoms with Crippen molar-refractivity contribution in [3.8, 4) is 0 Å². The number of hydroxylamine groups is 2. The Bertz CT molecular complexity index is 595. The molecule has 0 aromatic carbocycles. The second kappa shape index (κ2) is 7.01. The fraction of sp³-hybridized carbons (Fsp3) is 0.357. The first-order valence-electron chi connectivity index (χ1n) is 6.77. The monoisotopic (exact) mass is 305 g/mol. The lowest BCUT2D eigenvalue weighted by Crippen LogP contribution is -2.45. The molecule has 1 aromatic heterocycles. The summed E-state index contributed by atoms with van der Waals surface area (Å²) in [5.74, 6) is -0.580. The summed E-state index contributed by atoms with van der Waals surface area (Å²) < 4.78 is 1.58. The summed E-state index contributed by atoms with van der Waals surface area (Å²) in [5, 5.41) is 5.38. The Kier molecular flexibility index (Phi) is 5.08. The Labute approximate surface area is 128 Å². The molecular weight excluding hydrogens is 286 g/mol. The van der Waals surface area contributed by atoms with Crippen molar-refractivity contribution >= 4 is 18.0 Å². The molecule has 0 fully saturated rings. The number of aromatic nitrogens is 2. The Balaban J connectivity index is 2.23. The molecule has 1 aliphatic heterocycles. The van der Waals surface area contributed by atoms with Gasteiger partial charge in [0.1, 0.15) is 5.69 Å². The average molecular weight is 305 g/mol. The van der Waals surface area contributed by atoms with E-state index < -0.39 is 5.91 Å². The van der Waals surface area contributed by atoms with Gasteiger partial charge in [-0.05, 0) is 19.2 Å². The number of primary amides is 1. The van der Waals surface area contributed by atoms with Crippen LogP contribution in [0.1, 0.15) is 10.5 Å². The lowest BCUT2D eigenvalue weighted by atomic mass is 10.1. The van der Waals surface area contributed by atoms with Crippen LogP contribution in [0.3, 0.4) is 0 Å². The van der Waals surface area contributed by atoms with Crippen molar-refractivity contribution in [3.63, 3.8) is 0 Å². The molecule has 1 aliphatic rings. The molecule has 22 heavy (non-hydrogen) atoms. The topological polar surface area (TPSA) is 93.7 Å². The van der Waals surface area contributed by atoms with Crippen LogP contribution in [0.4, 0.5) is 0 Å². The van der Waals surface area contributed by atoms with Crippen molar-refractivity contribution in [2.24, 2.45) is 5.73 Å². The molecule has 8 nitrogen and oxygen atoms in total. The van der Waals surface area contributed by atoms with Gasteiger partial charge in [-0.25, -0.2) is 9.75 Å². The van der Waals surface area contributed by atoms with Crippen LogP contribution in [0.15, 0.2) is 31.0 Å². The van der Waals surface area contributed by atoms with Gasteiger partial charge >= 0.3 is 0 Å². The quantitative estimate of drug-likeness (QED) is 0.424. The summed E-state index contributed by atoms with van der Waals surface area (Å²) in [6.07, 6.45) is 5.76. The third-order valence-corrected chi connectivity index (χ3v) is 3.22. The molecule has 0 spiro atoms. The standard InChI is InChI=1S/C14H19N5O3/c1-3-6-22-19(10-20)12-7-11(8-17(2)9-12)18-5-4-13(16-18)14(15)21/h3-5,7,10,12H,1,6,8-9H2,2H3,(H2,15,21). The molecule has 0 bridgehead atoms. The Morgan fingerprint density at radius 3 is 3.05 bits per heavy atom. The van der Waals surface area contributed by atoms with Crippen LogP contribution in [0.2, 0.25) is 0 Å². The Morgan fingerprint density at radius 1 is 1.68 bits per heavy atom. The summed E-state index contributed by atoms with van der Waals surface area (Å²) in [7, 11) is 1.93. The number of amides is 2. The summed E-state index contributed by atoms with van der Waals surface area (Å²) in [4.78, 5) is 29.7. The van der Waals surface area contributed by atoms with E-state index in [1.54, 1.807) is 23.0 Å². The minimum absolute atomic E-state index is 0.195. The van der Waals surface area contributed by atoms with Crippen molar-refractivity contribution in [3.05, 3.63) is 36.7 Å². The Morgan fingerprint density at radius 2 is 2.45 bits per heavy atom. The van der Waals surface area contributed by atoms with Crippen molar-refractivity contribution in [1.29, 1.82) is 0 Å². The highest BCUT2D eigenvalue weighted by Gasteiger charge is 2.24. The minimum atomic E-state index is -0.580. The van der Waals surface area contributed by atoms with E-state index in [1.165, 1.54) is 5.06 Å². The highest BCUT2D eigenvalue weighted by Crippen LogP contribution is 2.17. The van der Waals surface area contributed by atoms with Gasteiger partial charge in [-0.3, -0.25) is 19.3 Å². The lowest BCUT2D eigenvalue weighted by molar-refractivity contribution is -0.177. The zero-order valence-electron chi connectivity index (χ0n) is 12.4. The number of carbonyl (C=O) groups is 2. The molecule has 2 N–H and O–H groups in total. The molecule has 0 aliphatic carbocycles.